The van der Waals surface area contributed by atoms with Crippen LogP contribution in [0.4, 0.5) is 5.69 Å². The highest BCUT2D eigenvalue weighted by Crippen LogP contribution is 2.27. The lowest BCUT2D eigenvalue weighted by Crippen LogP contribution is -2.43. The van der Waals surface area contributed by atoms with Crippen LogP contribution >= 0.6 is 0 Å². The highest BCUT2D eigenvalue weighted by Gasteiger charge is 2.26. The molecule has 1 amide bonds. The Morgan fingerprint density at radius 2 is 1.86 bits per heavy atom. The molecule has 0 unspecified atom stereocenters. The van der Waals surface area contributed by atoms with Gasteiger partial charge in [0.1, 0.15) is 0 Å². The van der Waals surface area contributed by atoms with Gasteiger partial charge in [0.25, 0.3) is 0 Å². The summed E-state index contributed by atoms with van der Waals surface area (Å²) in [5.41, 5.74) is 3.43. The highest BCUT2D eigenvalue weighted by atomic mass is 32.2. The van der Waals surface area contributed by atoms with Crippen molar-refractivity contribution in [2.24, 2.45) is 0 Å². The SMILES string of the molecule is Cc1ccc([C@H](CN2CCOCC2)NS(=O)(=O)c2ccc3c(c2)CC(=O)N3)cc1. The Bertz CT molecular complexity index is 999. The molecule has 2 N–H and O–H groups in total. The molecule has 0 radical (unpaired) electrons. The Labute approximate surface area is 171 Å². The van der Waals surface area contributed by atoms with E-state index in [1.54, 1.807) is 12.1 Å². The number of carbonyl (C=O) groups excluding carboxylic acids is 1. The number of nitrogens with one attached hydrogen (secondary N) is 2. The van der Waals surface area contributed by atoms with Crippen molar-refractivity contribution in [3.8, 4) is 0 Å². The minimum Gasteiger partial charge on any atom is -0.379 e. The van der Waals surface area contributed by atoms with E-state index in [0.717, 1.165) is 24.2 Å². The van der Waals surface area contributed by atoms with E-state index in [0.29, 0.717) is 31.0 Å². The third kappa shape index (κ3) is 4.67. The quantitative estimate of drug-likeness (QED) is 0.752. The lowest BCUT2D eigenvalue weighted by molar-refractivity contribution is -0.115. The Morgan fingerprint density at radius 1 is 1.14 bits per heavy atom. The maximum absolute atomic E-state index is 13.1. The van der Waals surface area contributed by atoms with Crippen molar-refractivity contribution in [3.63, 3.8) is 0 Å². The van der Waals surface area contributed by atoms with Crippen LogP contribution < -0.4 is 10.0 Å². The second kappa shape index (κ2) is 8.23. The van der Waals surface area contributed by atoms with Gasteiger partial charge in [-0.2, -0.15) is 0 Å². The maximum atomic E-state index is 13.1. The number of aryl methyl sites for hydroxylation is 1. The minimum absolute atomic E-state index is 0.118. The summed E-state index contributed by atoms with van der Waals surface area (Å²) in [4.78, 5) is 14.0. The van der Waals surface area contributed by atoms with E-state index in [9.17, 15) is 13.2 Å². The average molecular weight is 416 g/mol. The molecule has 2 aromatic carbocycles. The molecule has 29 heavy (non-hydrogen) atoms. The zero-order chi connectivity index (χ0) is 20.4. The Kier molecular flexibility index (Phi) is 5.69. The molecular weight excluding hydrogens is 390 g/mol. The fourth-order valence-corrected chi connectivity index (χ4v) is 4.95. The zero-order valence-electron chi connectivity index (χ0n) is 16.3. The van der Waals surface area contributed by atoms with Gasteiger partial charge in [0, 0.05) is 25.3 Å². The second-order valence-corrected chi connectivity index (χ2v) is 9.26. The largest absolute Gasteiger partial charge is 0.379 e. The van der Waals surface area contributed by atoms with Gasteiger partial charge < -0.3 is 10.1 Å². The average Bonchev–Trinajstić information content (AvgIpc) is 3.08. The molecule has 0 spiro atoms. The van der Waals surface area contributed by atoms with Crippen molar-refractivity contribution < 1.29 is 17.9 Å². The molecule has 2 aliphatic heterocycles. The Hall–Kier alpha value is -2.26. The first-order valence-corrected chi connectivity index (χ1v) is 11.2. The van der Waals surface area contributed by atoms with Gasteiger partial charge in [0.05, 0.1) is 30.6 Å². The van der Waals surface area contributed by atoms with Gasteiger partial charge in [-0.1, -0.05) is 29.8 Å². The highest BCUT2D eigenvalue weighted by molar-refractivity contribution is 7.89. The molecule has 4 rings (SSSR count). The van der Waals surface area contributed by atoms with Crippen LogP contribution in [0.2, 0.25) is 0 Å². The number of morpholine rings is 1. The molecule has 1 atom stereocenters. The lowest BCUT2D eigenvalue weighted by atomic mass is 10.1. The number of fused-ring (bicyclic) bond motifs is 1. The van der Waals surface area contributed by atoms with Crippen LogP contribution in [0.3, 0.4) is 0 Å². The molecule has 0 aromatic heterocycles. The standard InChI is InChI=1S/C21H25N3O4S/c1-15-2-4-16(5-3-15)20(14-24-8-10-28-11-9-24)23-29(26,27)18-6-7-19-17(12-18)13-21(25)22-19/h2-7,12,20,23H,8-11,13-14H2,1H3,(H,22,25)/t20-/m0/s1. The first-order valence-electron chi connectivity index (χ1n) is 9.72. The van der Waals surface area contributed by atoms with Gasteiger partial charge in [-0.15, -0.1) is 0 Å². The van der Waals surface area contributed by atoms with Gasteiger partial charge in [0.15, 0.2) is 0 Å². The van der Waals surface area contributed by atoms with Gasteiger partial charge in [0.2, 0.25) is 15.9 Å². The molecule has 2 aromatic rings. The molecule has 154 valence electrons. The van der Waals surface area contributed by atoms with Gasteiger partial charge in [-0.25, -0.2) is 13.1 Å². The fourth-order valence-electron chi connectivity index (χ4n) is 3.68. The molecule has 0 aliphatic carbocycles. The molecule has 1 fully saturated rings. The minimum atomic E-state index is -3.75. The molecule has 8 heteroatoms. The van der Waals surface area contributed by atoms with Crippen LogP contribution in [0, 0.1) is 6.92 Å². The molecular formula is C21H25N3O4S. The number of anilines is 1. The van der Waals surface area contributed by atoms with Crippen molar-refractivity contribution in [1.82, 2.24) is 9.62 Å². The smallest absolute Gasteiger partial charge is 0.241 e. The number of carbonyl (C=O) groups is 1. The fraction of sp³-hybridized carbons (Fsp3) is 0.381. The van der Waals surface area contributed by atoms with E-state index >= 15 is 0 Å². The Morgan fingerprint density at radius 3 is 2.59 bits per heavy atom. The maximum Gasteiger partial charge on any atom is 0.241 e. The third-order valence-electron chi connectivity index (χ3n) is 5.33. The van der Waals surface area contributed by atoms with E-state index in [4.69, 9.17) is 4.74 Å². The third-order valence-corrected chi connectivity index (χ3v) is 6.80. The number of hydrogen-bond donors (Lipinski definition) is 2. The number of hydrogen-bond acceptors (Lipinski definition) is 5. The summed E-state index contributed by atoms with van der Waals surface area (Å²) < 4.78 is 34.6. The number of sulfonamides is 1. The molecule has 0 bridgehead atoms. The Balaban J connectivity index is 1.59. The molecule has 2 aliphatic rings. The number of rotatable bonds is 6. The number of ether oxygens (including phenoxy) is 1. The predicted octanol–water partition coefficient (Wildman–Crippen LogP) is 1.84. The summed E-state index contributed by atoms with van der Waals surface area (Å²) in [5.74, 6) is -0.118. The van der Waals surface area contributed by atoms with Crippen molar-refractivity contribution in [1.29, 1.82) is 0 Å². The second-order valence-electron chi connectivity index (χ2n) is 7.54. The molecule has 0 saturated carbocycles. The molecule has 1 saturated heterocycles. The zero-order valence-corrected chi connectivity index (χ0v) is 17.2. The first kappa shape index (κ1) is 20.0. The van der Waals surface area contributed by atoms with Crippen LogP contribution in [-0.4, -0.2) is 52.1 Å². The number of benzene rings is 2. The van der Waals surface area contributed by atoms with Crippen molar-refractivity contribution in [2.45, 2.75) is 24.3 Å². The summed E-state index contributed by atoms with van der Waals surface area (Å²) in [6.45, 7) is 5.42. The van der Waals surface area contributed by atoms with E-state index < -0.39 is 10.0 Å². The van der Waals surface area contributed by atoms with Crippen molar-refractivity contribution in [2.75, 3.05) is 38.2 Å². The molecule has 7 nitrogen and oxygen atoms in total. The monoisotopic (exact) mass is 415 g/mol. The van der Waals surface area contributed by atoms with E-state index in [2.05, 4.69) is 14.9 Å². The summed E-state index contributed by atoms with van der Waals surface area (Å²) >= 11 is 0. The number of nitrogens with zero attached hydrogens (tertiary/aromatic N) is 1. The van der Waals surface area contributed by atoms with Gasteiger partial charge in [-0.3, -0.25) is 9.69 Å². The van der Waals surface area contributed by atoms with E-state index in [-0.39, 0.29) is 23.3 Å². The van der Waals surface area contributed by atoms with Crippen molar-refractivity contribution in [3.05, 3.63) is 59.2 Å². The summed E-state index contributed by atoms with van der Waals surface area (Å²) in [6, 6.07) is 12.3. The topological polar surface area (TPSA) is 87.7 Å². The van der Waals surface area contributed by atoms with Gasteiger partial charge in [-0.05, 0) is 36.2 Å². The predicted molar refractivity (Wildman–Crippen MR) is 110 cm³/mol. The van der Waals surface area contributed by atoms with Crippen LogP contribution in [0.25, 0.3) is 0 Å². The van der Waals surface area contributed by atoms with E-state index in [1.165, 1.54) is 6.07 Å². The normalized spacial score (nSPS) is 18.3. The van der Waals surface area contributed by atoms with E-state index in [1.807, 2.05) is 31.2 Å². The van der Waals surface area contributed by atoms with Crippen LogP contribution in [0.5, 0.6) is 0 Å². The van der Waals surface area contributed by atoms with Gasteiger partial charge >= 0.3 is 0 Å². The summed E-state index contributed by atoms with van der Waals surface area (Å²) in [5, 5.41) is 2.73. The lowest BCUT2D eigenvalue weighted by Gasteiger charge is -2.31. The summed E-state index contributed by atoms with van der Waals surface area (Å²) in [7, 11) is -3.75. The molecule has 2 heterocycles. The van der Waals surface area contributed by atoms with Crippen molar-refractivity contribution >= 4 is 21.6 Å². The van der Waals surface area contributed by atoms with Crippen LogP contribution in [0.1, 0.15) is 22.7 Å². The first-order chi connectivity index (χ1) is 13.9. The summed E-state index contributed by atoms with van der Waals surface area (Å²) in [6.07, 6.45) is 0.202. The number of amides is 1. The van der Waals surface area contributed by atoms with Crippen LogP contribution in [-0.2, 0) is 26.0 Å². The van der Waals surface area contributed by atoms with Crippen LogP contribution in [0.15, 0.2) is 47.4 Å².